The lowest BCUT2D eigenvalue weighted by atomic mass is 9.94. The van der Waals surface area contributed by atoms with Gasteiger partial charge in [-0.15, -0.1) is 0 Å². The normalized spacial score (nSPS) is 17.0. The summed E-state index contributed by atoms with van der Waals surface area (Å²) in [4.78, 5) is 43.4. The first-order valence-electron chi connectivity index (χ1n) is 12.0. The molecular weight excluding hydrogens is 422 g/mol. The summed E-state index contributed by atoms with van der Waals surface area (Å²) in [5.74, 6) is 0.888. The third-order valence-electron chi connectivity index (χ3n) is 6.05. The Morgan fingerprint density at radius 2 is 1.45 bits per heavy atom. The van der Waals surface area contributed by atoms with Gasteiger partial charge in [0, 0.05) is 50.2 Å². The fourth-order valence-corrected chi connectivity index (χ4v) is 4.17. The molecule has 1 aromatic rings. The van der Waals surface area contributed by atoms with Gasteiger partial charge in [-0.3, -0.25) is 14.4 Å². The number of piperazine rings is 1. The molecular formula is C25H37N3O5. The van der Waals surface area contributed by atoms with Crippen molar-refractivity contribution in [2.24, 2.45) is 5.41 Å². The number of carbonyl (C=O) groups is 3. The molecule has 8 nitrogen and oxygen atoms in total. The van der Waals surface area contributed by atoms with E-state index in [0.29, 0.717) is 49.8 Å². The van der Waals surface area contributed by atoms with E-state index >= 15 is 0 Å². The van der Waals surface area contributed by atoms with Crippen molar-refractivity contribution in [2.75, 3.05) is 52.5 Å². The molecule has 2 fully saturated rings. The Balaban J connectivity index is 1.61. The SMILES string of the molecule is CCOc1cc(C(=O)N2CCN(C(=O)C(C)(C)C)CC2)ccc1OCC(=O)N1CCCCC1. The van der Waals surface area contributed by atoms with Gasteiger partial charge in [-0.05, 0) is 44.4 Å². The number of nitrogens with zero attached hydrogens (tertiary/aromatic N) is 3. The summed E-state index contributed by atoms with van der Waals surface area (Å²) in [6, 6.07) is 5.08. The molecule has 3 rings (SSSR count). The van der Waals surface area contributed by atoms with Gasteiger partial charge in [0.25, 0.3) is 11.8 Å². The lowest BCUT2D eigenvalue weighted by molar-refractivity contribution is -0.141. The second-order valence-electron chi connectivity index (χ2n) is 9.66. The Morgan fingerprint density at radius 3 is 2.06 bits per heavy atom. The van der Waals surface area contributed by atoms with Crippen LogP contribution in [0.2, 0.25) is 0 Å². The number of hydrogen-bond acceptors (Lipinski definition) is 5. The highest BCUT2D eigenvalue weighted by Crippen LogP contribution is 2.29. The summed E-state index contributed by atoms with van der Waals surface area (Å²) in [6.07, 6.45) is 3.23. The first kappa shape index (κ1) is 24.9. The largest absolute Gasteiger partial charge is 0.490 e. The molecule has 8 heteroatoms. The first-order chi connectivity index (χ1) is 15.7. The Morgan fingerprint density at radius 1 is 0.818 bits per heavy atom. The smallest absolute Gasteiger partial charge is 0.260 e. The van der Waals surface area contributed by atoms with Crippen molar-refractivity contribution in [1.82, 2.24) is 14.7 Å². The predicted octanol–water partition coefficient (Wildman–Crippen LogP) is 2.81. The molecule has 0 spiro atoms. The zero-order valence-electron chi connectivity index (χ0n) is 20.4. The van der Waals surface area contributed by atoms with E-state index < -0.39 is 5.41 Å². The Labute approximate surface area is 196 Å². The van der Waals surface area contributed by atoms with Crippen molar-refractivity contribution in [3.8, 4) is 11.5 Å². The second kappa shape index (κ2) is 10.9. The first-order valence-corrected chi connectivity index (χ1v) is 12.0. The number of hydrogen-bond donors (Lipinski definition) is 0. The van der Waals surface area contributed by atoms with E-state index in [1.165, 1.54) is 0 Å². The van der Waals surface area contributed by atoms with Crippen LogP contribution in [-0.2, 0) is 9.59 Å². The van der Waals surface area contributed by atoms with E-state index in [4.69, 9.17) is 9.47 Å². The van der Waals surface area contributed by atoms with Gasteiger partial charge < -0.3 is 24.2 Å². The molecule has 2 aliphatic rings. The number of amides is 3. The molecule has 2 heterocycles. The quantitative estimate of drug-likeness (QED) is 0.654. The molecule has 182 valence electrons. The van der Waals surface area contributed by atoms with Crippen LogP contribution in [0.1, 0.15) is 57.3 Å². The Kier molecular flexibility index (Phi) is 8.21. The summed E-state index contributed by atoms with van der Waals surface area (Å²) in [7, 11) is 0. The van der Waals surface area contributed by atoms with E-state index in [0.717, 1.165) is 32.4 Å². The van der Waals surface area contributed by atoms with Gasteiger partial charge in [-0.25, -0.2) is 0 Å². The minimum Gasteiger partial charge on any atom is -0.490 e. The third-order valence-corrected chi connectivity index (χ3v) is 6.05. The molecule has 2 saturated heterocycles. The standard InChI is InChI=1S/C25H37N3O5/c1-5-32-21-17-19(9-10-20(21)33-18-22(29)26-11-7-6-8-12-26)23(30)27-13-15-28(16-14-27)24(31)25(2,3)4/h9-10,17H,5-8,11-16,18H2,1-4H3. The molecule has 0 N–H and O–H groups in total. The predicted molar refractivity (Wildman–Crippen MR) is 125 cm³/mol. The number of piperidine rings is 1. The Bertz CT molecular complexity index is 850. The van der Waals surface area contributed by atoms with Crippen LogP contribution in [0.5, 0.6) is 11.5 Å². The number of rotatable bonds is 6. The molecule has 0 aliphatic carbocycles. The van der Waals surface area contributed by atoms with Crippen molar-refractivity contribution in [1.29, 1.82) is 0 Å². The van der Waals surface area contributed by atoms with Crippen LogP contribution in [0.25, 0.3) is 0 Å². The number of benzene rings is 1. The zero-order chi connectivity index (χ0) is 24.0. The van der Waals surface area contributed by atoms with E-state index in [2.05, 4.69) is 0 Å². The van der Waals surface area contributed by atoms with Crippen molar-refractivity contribution in [2.45, 2.75) is 47.0 Å². The summed E-state index contributed by atoms with van der Waals surface area (Å²) < 4.78 is 11.5. The lowest BCUT2D eigenvalue weighted by Gasteiger charge is -2.37. The van der Waals surface area contributed by atoms with E-state index in [1.54, 1.807) is 23.1 Å². The van der Waals surface area contributed by atoms with Crippen LogP contribution in [0.3, 0.4) is 0 Å². The van der Waals surface area contributed by atoms with Crippen LogP contribution in [0.15, 0.2) is 18.2 Å². The highest BCUT2D eigenvalue weighted by molar-refractivity contribution is 5.95. The van der Waals surface area contributed by atoms with Gasteiger partial charge in [0.1, 0.15) is 0 Å². The van der Waals surface area contributed by atoms with E-state index in [-0.39, 0.29) is 24.3 Å². The molecule has 3 amide bonds. The minimum absolute atomic E-state index is 0.0278. The maximum absolute atomic E-state index is 13.1. The molecule has 2 aliphatic heterocycles. The van der Waals surface area contributed by atoms with E-state index in [9.17, 15) is 14.4 Å². The molecule has 0 unspecified atom stereocenters. The number of ether oxygens (including phenoxy) is 2. The highest BCUT2D eigenvalue weighted by atomic mass is 16.5. The third kappa shape index (κ3) is 6.39. The van der Waals surface area contributed by atoms with Crippen molar-refractivity contribution in [3.63, 3.8) is 0 Å². The molecule has 0 aromatic heterocycles. The van der Waals surface area contributed by atoms with Gasteiger partial charge in [0.2, 0.25) is 5.91 Å². The molecule has 33 heavy (non-hydrogen) atoms. The Hall–Kier alpha value is -2.77. The summed E-state index contributed by atoms with van der Waals surface area (Å²) in [5, 5.41) is 0. The molecule has 1 aromatic carbocycles. The number of likely N-dealkylation sites (tertiary alicyclic amines) is 1. The van der Waals surface area contributed by atoms with Crippen molar-refractivity contribution in [3.05, 3.63) is 23.8 Å². The molecule has 0 atom stereocenters. The maximum atomic E-state index is 13.1. The lowest BCUT2D eigenvalue weighted by Crippen LogP contribution is -2.53. The fraction of sp³-hybridized carbons (Fsp3) is 0.640. The second-order valence-corrected chi connectivity index (χ2v) is 9.66. The van der Waals surface area contributed by atoms with Crippen molar-refractivity contribution < 1.29 is 23.9 Å². The average molecular weight is 460 g/mol. The average Bonchev–Trinajstić information content (AvgIpc) is 2.82. The van der Waals surface area contributed by atoms with E-state index in [1.807, 2.05) is 37.5 Å². The molecule has 0 radical (unpaired) electrons. The van der Waals surface area contributed by atoms with Gasteiger partial charge in [0.05, 0.1) is 6.61 Å². The maximum Gasteiger partial charge on any atom is 0.260 e. The summed E-state index contributed by atoms with van der Waals surface area (Å²) in [5.41, 5.74) is 0.0767. The van der Waals surface area contributed by atoms with Gasteiger partial charge in [-0.1, -0.05) is 20.8 Å². The van der Waals surface area contributed by atoms with Crippen LogP contribution in [0.4, 0.5) is 0 Å². The van der Waals surface area contributed by atoms with Crippen LogP contribution in [-0.4, -0.2) is 84.9 Å². The zero-order valence-corrected chi connectivity index (χ0v) is 20.4. The van der Waals surface area contributed by atoms with Gasteiger partial charge in [0.15, 0.2) is 18.1 Å². The monoisotopic (exact) mass is 459 g/mol. The topological polar surface area (TPSA) is 79.4 Å². The highest BCUT2D eigenvalue weighted by Gasteiger charge is 2.31. The van der Waals surface area contributed by atoms with Crippen LogP contribution in [0, 0.1) is 5.41 Å². The van der Waals surface area contributed by atoms with Crippen LogP contribution < -0.4 is 9.47 Å². The fourth-order valence-electron chi connectivity index (χ4n) is 4.17. The van der Waals surface area contributed by atoms with Gasteiger partial charge >= 0.3 is 0 Å². The summed E-state index contributed by atoms with van der Waals surface area (Å²) >= 11 is 0. The van der Waals surface area contributed by atoms with Crippen LogP contribution >= 0.6 is 0 Å². The van der Waals surface area contributed by atoms with Crippen molar-refractivity contribution >= 4 is 17.7 Å². The molecule has 0 saturated carbocycles. The minimum atomic E-state index is -0.427. The summed E-state index contributed by atoms with van der Waals surface area (Å²) in [6.45, 7) is 11.6. The molecule has 0 bridgehead atoms. The number of carbonyl (C=O) groups excluding carboxylic acids is 3. The van der Waals surface area contributed by atoms with Gasteiger partial charge in [-0.2, -0.15) is 0 Å².